The van der Waals surface area contributed by atoms with Gasteiger partial charge in [0, 0.05) is 24.0 Å². The molecule has 0 fully saturated rings. The van der Waals surface area contributed by atoms with Gasteiger partial charge in [0.2, 0.25) is 0 Å². The molecule has 3 rings (SSSR count). The summed E-state index contributed by atoms with van der Waals surface area (Å²) in [6.45, 7) is 2.00. The number of Topliss-reactive ketones (excluding diaryl/α,β-unsaturated/α-hetero) is 1. The van der Waals surface area contributed by atoms with E-state index in [1.807, 2.05) is 37.3 Å². The Hall–Kier alpha value is -2.79. The zero-order chi connectivity index (χ0) is 16.2. The van der Waals surface area contributed by atoms with Gasteiger partial charge in [-0.25, -0.2) is 0 Å². The smallest absolute Gasteiger partial charge is 0.266 e. The molecule has 2 aromatic heterocycles. The van der Waals surface area contributed by atoms with Crippen molar-refractivity contribution in [1.29, 1.82) is 0 Å². The number of hydrogen-bond donors (Lipinski definition) is 1. The number of pyridine rings is 1. The highest BCUT2D eigenvalue weighted by molar-refractivity contribution is 7.07. The molecule has 0 radical (unpaired) electrons. The van der Waals surface area contributed by atoms with Gasteiger partial charge in [0.25, 0.3) is 5.56 Å². The number of rotatable bonds is 3. The minimum Gasteiger partial charge on any atom is -0.313 e. The Balaban J connectivity index is 2.00. The number of hydrogen-bond acceptors (Lipinski definition) is 4. The summed E-state index contributed by atoms with van der Waals surface area (Å²) in [4.78, 5) is 30.8. The number of aryl methyl sites for hydroxylation is 1. The third-order valence-electron chi connectivity index (χ3n) is 3.25. The molecule has 0 aliphatic heterocycles. The van der Waals surface area contributed by atoms with Gasteiger partial charge < -0.3 is 4.98 Å². The predicted octanol–water partition coefficient (Wildman–Crippen LogP) is 1.63. The summed E-state index contributed by atoms with van der Waals surface area (Å²) < 4.78 is 1.11. The molecule has 0 unspecified atom stereocenters. The summed E-state index contributed by atoms with van der Waals surface area (Å²) in [7, 11) is 0. The Kier molecular flexibility index (Phi) is 4.30. The van der Waals surface area contributed by atoms with E-state index >= 15 is 0 Å². The first-order chi connectivity index (χ1) is 11.1. The van der Waals surface area contributed by atoms with Crippen molar-refractivity contribution in [3.05, 3.63) is 85.0 Å². The van der Waals surface area contributed by atoms with Crippen molar-refractivity contribution < 1.29 is 4.79 Å². The molecule has 0 atom stereocenters. The van der Waals surface area contributed by atoms with E-state index in [9.17, 15) is 9.59 Å². The largest absolute Gasteiger partial charge is 0.313 e. The van der Waals surface area contributed by atoms with E-state index in [4.69, 9.17) is 0 Å². The fourth-order valence-electron chi connectivity index (χ4n) is 2.15. The highest BCUT2D eigenvalue weighted by Gasteiger charge is 2.02. The molecule has 0 aliphatic rings. The fourth-order valence-corrected chi connectivity index (χ4v) is 3.04. The van der Waals surface area contributed by atoms with Gasteiger partial charge in [-0.3, -0.25) is 14.6 Å². The van der Waals surface area contributed by atoms with Gasteiger partial charge in [-0.1, -0.05) is 29.8 Å². The number of aromatic nitrogens is 2. The fraction of sp³-hybridized carbons (Fsp3) is 0.0556. The zero-order valence-corrected chi connectivity index (χ0v) is 13.3. The molecule has 0 spiro atoms. The average molecular weight is 322 g/mol. The molecule has 4 nitrogen and oxygen atoms in total. The quantitative estimate of drug-likeness (QED) is 0.746. The molecule has 1 aromatic carbocycles. The molecule has 5 heteroatoms. The van der Waals surface area contributed by atoms with Crippen LogP contribution in [0.15, 0.2) is 53.6 Å². The minimum atomic E-state index is -0.190. The van der Waals surface area contributed by atoms with Gasteiger partial charge >= 0.3 is 0 Å². The number of nitrogens with zero attached hydrogens (tertiary/aromatic N) is 1. The lowest BCUT2D eigenvalue weighted by atomic mass is 10.1. The predicted molar refractivity (Wildman–Crippen MR) is 92.0 cm³/mol. The molecular weight excluding hydrogens is 308 g/mol. The minimum absolute atomic E-state index is 0.160. The number of benzene rings is 1. The molecular formula is C18H14N2O2S. The average Bonchev–Trinajstić information content (AvgIpc) is 2.87. The Morgan fingerprint density at radius 3 is 2.74 bits per heavy atom. The van der Waals surface area contributed by atoms with Crippen LogP contribution < -0.4 is 14.8 Å². The van der Waals surface area contributed by atoms with E-state index in [1.54, 1.807) is 24.5 Å². The Morgan fingerprint density at radius 2 is 2.00 bits per heavy atom. The van der Waals surface area contributed by atoms with E-state index in [-0.39, 0.29) is 11.3 Å². The number of carbonyl (C=O) groups excluding carboxylic acids is 1. The van der Waals surface area contributed by atoms with E-state index in [2.05, 4.69) is 9.97 Å². The molecule has 0 saturated heterocycles. The van der Waals surface area contributed by atoms with Crippen LogP contribution in [-0.2, 0) is 0 Å². The summed E-state index contributed by atoms with van der Waals surface area (Å²) in [6.07, 6.45) is 6.39. The first kappa shape index (κ1) is 15.1. The maximum absolute atomic E-state index is 12.1. The highest BCUT2D eigenvalue weighted by atomic mass is 32.1. The number of ketones is 1. The van der Waals surface area contributed by atoms with E-state index in [0.29, 0.717) is 14.8 Å². The summed E-state index contributed by atoms with van der Waals surface area (Å²) in [6, 6.07) is 11.2. The lowest BCUT2D eigenvalue weighted by Gasteiger charge is -1.93. The van der Waals surface area contributed by atoms with Crippen LogP contribution in [0.3, 0.4) is 0 Å². The second-order valence-corrected chi connectivity index (χ2v) is 6.17. The van der Waals surface area contributed by atoms with Gasteiger partial charge in [-0.2, -0.15) is 0 Å². The molecule has 0 bridgehead atoms. The van der Waals surface area contributed by atoms with Crippen molar-refractivity contribution in [2.24, 2.45) is 0 Å². The molecule has 0 aliphatic carbocycles. The zero-order valence-electron chi connectivity index (χ0n) is 12.4. The van der Waals surface area contributed by atoms with Crippen molar-refractivity contribution in [3.63, 3.8) is 0 Å². The maximum atomic E-state index is 12.1. The third-order valence-corrected chi connectivity index (χ3v) is 4.21. The van der Waals surface area contributed by atoms with E-state index < -0.39 is 0 Å². The molecule has 114 valence electrons. The number of thiazole rings is 1. The molecule has 23 heavy (non-hydrogen) atoms. The van der Waals surface area contributed by atoms with Gasteiger partial charge in [0.1, 0.15) is 0 Å². The number of carbonyl (C=O) groups is 1. The van der Waals surface area contributed by atoms with Gasteiger partial charge in [-0.15, -0.1) is 11.3 Å². The lowest BCUT2D eigenvalue weighted by molar-refractivity contribution is 0.106. The molecule has 2 heterocycles. The second-order valence-electron chi connectivity index (χ2n) is 5.09. The van der Waals surface area contributed by atoms with Crippen LogP contribution >= 0.6 is 11.3 Å². The summed E-state index contributed by atoms with van der Waals surface area (Å²) in [5.74, 6) is -0.160. The van der Waals surface area contributed by atoms with Crippen LogP contribution in [0.5, 0.6) is 0 Å². The Morgan fingerprint density at radius 1 is 1.22 bits per heavy atom. The molecule has 0 saturated carbocycles. The standard InChI is InChI=1S/C18H14N2O2S/c1-12-3-2-4-13(9-12)10-16-18(22)20-17(23-16)11-15(21)14-5-7-19-8-6-14/h2-11H,1H3,(H,20,22). The first-order valence-electron chi connectivity index (χ1n) is 7.05. The molecule has 0 amide bonds. The summed E-state index contributed by atoms with van der Waals surface area (Å²) >= 11 is 1.27. The number of aromatic amines is 1. The number of H-pyrrole nitrogens is 1. The van der Waals surface area contributed by atoms with Gasteiger partial charge in [0.05, 0.1) is 9.20 Å². The van der Waals surface area contributed by atoms with E-state index in [1.165, 1.54) is 17.4 Å². The van der Waals surface area contributed by atoms with Gasteiger partial charge in [-0.05, 0) is 30.7 Å². The van der Waals surface area contributed by atoms with Crippen LogP contribution in [0, 0.1) is 6.92 Å². The maximum Gasteiger partial charge on any atom is 0.266 e. The van der Waals surface area contributed by atoms with Crippen LogP contribution in [-0.4, -0.2) is 15.8 Å². The summed E-state index contributed by atoms with van der Waals surface area (Å²) in [5.41, 5.74) is 2.44. The third kappa shape index (κ3) is 3.70. The monoisotopic (exact) mass is 322 g/mol. The topological polar surface area (TPSA) is 62.8 Å². The number of nitrogens with one attached hydrogen (secondary N) is 1. The van der Waals surface area contributed by atoms with Crippen molar-refractivity contribution in [3.8, 4) is 0 Å². The second kappa shape index (κ2) is 6.54. The van der Waals surface area contributed by atoms with Crippen molar-refractivity contribution in [2.45, 2.75) is 6.92 Å². The van der Waals surface area contributed by atoms with Crippen molar-refractivity contribution >= 4 is 29.3 Å². The normalized spacial score (nSPS) is 12.6. The SMILES string of the molecule is Cc1cccc(C=c2sc(=CC(=O)c3ccncc3)[nH]c2=O)c1. The Bertz CT molecular complexity index is 1020. The summed E-state index contributed by atoms with van der Waals surface area (Å²) in [5, 5.41) is 0. The van der Waals surface area contributed by atoms with Crippen LogP contribution in [0.1, 0.15) is 21.5 Å². The molecule has 1 N–H and O–H groups in total. The Labute approximate surface area is 136 Å². The van der Waals surface area contributed by atoms with Crippen LogP contribution in [0.25, 0.3) is 12.2 Å². The highest BCUT2D eigenvalue weighted by Crippen LogP contribution is 2.04. The molecule has 3 aromatic rings. The lowest BCUT2D eigenvalue weighted by Crippen LogP contribution is -2.20. The van der Waals surface area contributed by atoms with E-state index in [0.717, 1.165) is 11.1 Å². The first-order valence-corrected chi connectivity index (χ1v) is 7.87. The van der Waals surface area contributed by atoms with Crippen molar-refractivity contribution in [1.82, 2.24) is 9.97 Å². The van der Waals surface area contributed by atoms with Crippen LogP contribution in [0.2, 0.25) is 0 Å². The van der Waals surface area contributed by atoms with Crippen LogP contribution in [0.4, 0.5) is 0 Å². The van der Waals surface area contributed by atoms with Crippen molar-refractivity contribution in [2.75, 3.05) is 0 Å². The van der Waals surface area contributed by atoms with Gasteiger partial charge in [0.15, 0.2) is 5.78 Å².